The number of hydrogen-bond acceptors (Lipinski definition) is 5. The van der Waals surface area contributed by atoms with E-state index < -0.39 is 16.1 Å². The third-order valence-corrected chi connectivity index (χ3v) is 6.18. The Hall–Kier alpha value is -3.23. The van der Waals surface area contributed by atoms with Crippen molar-refractivity contribution in [1.82, 2.24) is 0 Å². The minimum absolute atomic E-state index is 0.0620. The Morgan fingerprint density at radius 2 is 1.47 bits per heavy atom. The van der Waals surface area contributed by atoms with Crippen molar-refractivity contribution >= 4 is 38.9 Å². The van der Waals surface area contributed by atoms with E-state index in [9.17, 15) is 13.2 Å². The Bertz CT molecular complexity index is 1150. The Balaban J connectivity index is 1.64. The van der Waals surface area contributed by atoms with Crippen LogP contribution >= 0.6 is 11.6 Å². The fourth-order valence-corrected chi connectivity index (χ4v) is 4.00. The number of halogens is 1. The molecule has 3 rings (SSSR count). The summed E-state index contributed by atoms with van der Waals surface area (Å²) in [5.41, 5.74) is 0.852. The van der Waals surface area contributed by atoms with Crippen molar-refractivity contribution < 1.29 is 22.7 Å². The second-order valence-electron chi connectivity index (χ2n) is 6.82. The zero-order valence-corrected chi connectivity index (χ0v) is 19.1. The van der Waals surface area contributed by atoms with Crippen LogP contribution in [0.25, 0.3) is 0 Å². The minimum atomic E-state index is -3.78. The number of nitrogens with one attached hydrogen (secondary N) is 2. The standard InChI is InChI=1S/C23H23ClN2O5S/c1-3-22(31-20-12-10-19(30-2)11-13-20)23(27)25-17-8-14-21(15-9-17)32(28,29)26-18-6-4-16(24)5-7-18/h4-15,22,26H,3H2,1-2H3,(H,25,27). The molecule has 1 amide bonds. The van der Waals surface area contributed by atoms with Crippen molar-refractivity contribution in [3.63, 3.8) is 0 Å². The van der Waals surface area contributed by atoms with Crippen molar-refractivity contribution in [3.8, 4) is 11.5 Å². The fraction of sp³-hybridized carbons (Fsp3) is 0.174. The zero-order valence-electron chi connectivity index (χ0n) is 17.5. The molecule has 9 heteroatoms. The molecule has 7 nitrogen and oxygen atoms in total. The minimum Gasteiger partial charge on any atom is -0.497 e. The molecule has 3 aromatic rings. The summed E-state index contributed by atoms with van der Waals surface area (Å²) in [5.74, 6) is 0.899. The molecule has 0 spiro atoms. The summed E-state index contributed by atoms with van der Waals surface area (Å²) in [6.45, 7) is 1.84. The summed E-state index contributed by atoms with van der Waals surface area (Å²) < 4.78 is 38.5. The summed E-state index contributed by atoms with van der Waals surface area (Å²) in [6, 6.07) is 19.1. The van der Waals surface area contributed by atoms with Crippen molar-refractivity contribution in [3.05, 3.63) is 77.8 Å². The van der Waals surface area contributed by atoms with Gasteiger partial charge in [0, 0.05) is 16.4 Å². The van der Waals surface area contributed by atoms with Crippen LogP contribution in [0.1, 0.15) is 13.3 Å². The number of benzene rings is 3. The number of sulfonamides is 1. The molecule has 2 N–H and O–H groups in total. The summed E-state index contributed by atoms with van der Waals surface area (Å²) in [4.78, 5) is 12.7. The van der Waals surface area contributed by atoms with E-state index in [1.807, 2.05) is 6.92 Å². The van der Waals surface area contributed by atoms with Gasteiger partial charge in [0.15, 0.2) is 6.10 Å². The largest absolute Gasteiger partial charge is 0.497 e. The van der Waals surface area contributed by atoms with Crippen LogP contribution in [0.15, 0.2) is 77.7 Å². The zero-order chi connectivity index (χ0) is 23.1. The van der Waals surface area contributed by atoms with E-state index in [0.29, 0.717) is 34.3 Å². The van der Waals surface area contributed by atoms with Gasteiger partial charge >= 0.3 is 0 Å². The van der Waals surface area contributed by atoms with E-state index in [1.54, 1.807) is 55.6 Å². The molecule has 0 saturated heterocycles. The predicted molar refractivity (Wildman–Crippen MR) is 125 cm³/mol. The van der Waals surface area contributed by atoms with Crippen molar-refractivity contribution in [2.24, 2.45) is 0 Å². The lowest BCUT2D eigenvalue weighted by molar-refractivity contribution is -0.122. The number of hydrogen-bond donors (Lipinski definition) is 2. The fourth-order valence-electron chi connectivity index (χ4n) is 2.81. The van der Waals surface area contributed by atoms with Crippen molar-refractivity contribution in [2.75, 3.05) is 17.1 Å². The van der Waals surface area contributed by atoms with E-state index >= 15 is 0 Å². The van der Waals surface area contributed by atoms with E-state index in [1.165, 1.54) is 24.3 Å². The molecule has 0 bridgehead atoms. The second kappa shape index (κ2) is 10.4. The lowest BCUT2D eigenvalue weighted by atomic mass is 10.2. The van der Waals surface area contributed by atoms with Gasteiger partial charge in [0.05, 0.1) is 12.0 Å². The monoisotopic (exact) mass is 474 g/mol. The molecule has 0 aromatic heterocycles. The predicted octanol–water partition coefficient (Wildman–Crippen LogP) is 4.95. The average Bonchev–Trinajstić information content (AvgIpc) is 2.79. The number of carbonyl (C=O) groups excluding carboxylic acids is 1. The quantitative estimate of drug-likeness (QED) is 0.458. The van der Waals surface area contributed by atoms with Gasteiger partial charge in [0.25, 0.3) is 15.9 Å². The van der Waals surface area contributed by atoms with Crippen molar-refractivity contribution in [1.29, 1.82) is 0 Å². The van der Waals surface area contributed by atoms with Gasteiger partial charge in [0.2, 0.25) is 0 Å². The highest BCUT2D eigenvalue weighted by Crippen LogP contribution is 2.22. The van der Waals surface area contributed by atoms with Crippen LogP contribution in [0.4, 0.5) is 11.4 Å². The van der Waals surface area contributed by atoms with Crippen LogP contribution < -0.4 is 19.5 Å². The van der Waals surface area contributed by atoms with Crippen LogP contribution in [0.2, 0.25) is 5.02 Å². The first-order chi connectivity index (χ1) is 15.3. The maximum atomic E-state index is 12.6. The molecular weight excluding hydrogens is 452 g/mol. The van der Waals surface area contributed by atoms with Gasteiger partial charge in [0.1, 0.15) is 11.5 Å². The number of ether oxygens (including phenoxy) is 2. The van der Waals surface area contributed by atoms with E-state index in [-0.39, 0.29) is 10.8 Å². The normalized spacial score (nSPS) is 12.0. The Kier molecular flexibility index (Phi) is 7.61. The molecular formula is C23H23ClN2O5S. The van der Waals surface area contributed by atoms with Crippen LogP contribution in [-0.2, 0) is 14.8 Å². The number of amides is 1. The molecule has 0 radical (unpaired) electrons. The maximum Gasteiger partial charge on any atom is 0.265 e. The first kappa shape index (κ1) is 23.4. The highest BCUT2D eigenvalue weighted by atomic mass is 35.5. The summed E-state index contributed by atoms with van der Waals surface area (Å²) >= 11 is 5.82. The second-order valence-corrected chi connectivity index (χ2v) is 8.94. The molecule has 0 saturated carbocycles. The SMILES string of the molecule is CCC(Oc1ccc(OC)cc1)C(=O)Nc1ccc(S(=O)(=O)Nc2ccc(Cl)cc2)cc1. The molecule has 0 heterocycles. The maximum absolute atomic E-state index is 12.6. The molecule has 0 aliphatic rings. The number of methoxy groups -OCH3 is 1. The molecule has 1 atom stereocenters. The number of anilines is 2. The molecule has 168 valence electrons. The molecule has 0 fully saturated rings. The van der Waals surface area contributed by atoms with Crippen molar-refractivity contribution in [2.45, 2.75) is 24.3 Å². The smallest absolute Gasteiger partial charge is 0.265 e. The summed E-state index contributed by atoms with van der Waals surface area (Å²) in [7, 11) is -2.21. The topological polar surface area (TPSA) is 93.7 Å². The van der Waals surface area contributed by atoms with Gasteiger partial charge in [-0.25, -0.2) is 8.42 Å². The Labute approximate surface area is 192 Å². The van der Waals surface area contributed by atoms with Gasteiger partial charge in [-0.1, -0.05) is 18.5 Å². The van der Waals surface area contributed by atoms with Gasteiger partial charge in [-0.3, -0.25) is 9.52 Å². The van der Waals surface area contributed by atoms with Crippen LogP contribution in [0, 0.1) is 0 Å². The van der Waals surface area contributed by atoms with Gasteiger partial charge in [-0.05, 0) is 79.2 Å². The first-order valence-corrected chi connectivity index (χ1v) is 11.7. The molecule has 32 heavy (non-hydrogen) atoms. The molecule has 0 aliphatic heterocycles. The van der Waals surface area contributed by atoms with E-state index in [0.717, 1.165) is 0 Å². The average molecular weight is 475 g/mol. The third kappa shape index (κ3) is 6.15. The Morgan fingerprint density at radius 3 is 2.03 bits per heavy atom. The molecule has 1 unspecified atom stereocenters. The van der Waals surface area contributed by atoms with Gasteiger partial charge in [-0.2, -0.15) is 0 Å². The summed E-state index contributed by atoms with van der Waals surface area (Å²) in [6.07, 6.45) is -0.256. The van der Waals surface area contributed by atoms with E-state index in [4.69, 9.17) is 21.1 Å². The highest BCUT2D eigenvalue weighted by Gasteiger charge is 2.19. The summed E-state index contributed by atoms with van der Waals surface area (Å²) in [5, 5.41) is 3.26. The number of rotatable bonds is 9. The van der Waals surface area contributed by atoms with Gasteiger partial charge < -0.3 is 14.8 Å². The van der Waals surface area contributed by atoms with Gasteiger partial charge in [-0.15, -0.1) is 0 Å². The first-order valence-electron chi connectivity index (χ1n) is 9.81. The molecule has 3 aromatic carbocycles. The van der Waals surface area contributed by atoms with Crippen LogP contribution in [0.3, 0.4) is 0 Å². The third-order valence-electron chi connectivity index (χ3n) is 4.53. The Morgan fingerprint density at radius 1 is 0.906 bits per heavy atom. The highest BCUT2D eigenvalue weighted by molar-refractivity contribution is 7.92. The van der Waals surface area contributed by atoms with E-state index in [2.05, 4.69) is 10.0 Å². The van der Waals surface area contributed by atoms with Crippen LogP contribution in [-0.4, -0.2) is 27.5 Å². The lowest BCUT2D eigenvalue weighted by Gasteiger charge is -2.17. The number of carbonyl (C=O) groups is 1. The van der Waals surface area contributed by atoms with Crippen LogP contribution in [0.5, 0.6) is 11.5 Å². The lowest BCUT2D eigenvalue weighted by Crippen LogP contribution is -2.32. The molecule has 0 aliphatic carbocycles.